The van der Waals surface area contributed by atoms with Crippen LogP contribution in [0, 0.1) is 0 Å². The van der Waals surface area contributed by atoms with E-state index < -0.39 is 0 Å². The van der Waals surface area contributed by atoms with Crippen molar-refractivity contribution in [2.75, 3.05) is 5.43 Å². The van der Waals surface area contributed by atoms with Crippen molar-refractivity contribution in [1.29, 1.82) is 0 Å². The number of hydrogen-bond acceptors (Lipinski definition) is 5. The molecule has 0 aliphatic heterocycles. The summed E-state index contributed by atoms with van der Waals surface area (Å²) in [7, 11) is 0. The minimum Gasteiger partial charge on any atom is -0.507 e. The maximum atomic E-state index is 9.87. The highest BCUT2D eigenvalue weighted by Crippen LogP contribution is 2.23. The monoisotopic (exact) mass is 320 g/mol. The third-order valence-electron chi connectivity index (χ3n) is 2.46. The summed E-state index contributed by atoms with van der Waals surface area (Å²) in [6.07, 6.45) is 3.93. The highest BCUT2D eigenvalue weighted by molar-refractivity contribution is 9.10. The molecular weight excluding hydrogens is 308 g/mol. The zero-order valence-corrected chi connectivity index (χ0v) is 11.9. The quantitative estimate of drug-likeness (QED) is 0.670. The van der Waals surface area contributed by atoms with Crippen LogP contribution in [0.3, 0.4) is 0 Å². The summed E-state index contributed by atoms with van der Waals surface area (Å²) in [6.45, 7) is 1.96. The molecule has 5 nitrogen and oxygen atoms in total. The zero-order valence-electron chi connectivity index (χ0n) is 10.3. The fraction of sp³-hybridized carbons (Fsp3) is 0.154. The number of halogens is 1. The Kier molecular flexibility index (Phi) is 4.46. The molecule has 19 heavy (non-hydrogen) atoms. The summed E-state index contributed by atoms with van der Waals surface area (Å²) in [5.74, 6) is 0.613. The molecule has 1 aromatic heterocycles. The summed E-state index contributed by atoms with van der Waals surface area (Å²) in [5.41, 5.74) is 4.19. The van der Waals surface area contributed by atoms with E-state index in [4.69, 9.17) is 0 Å². The van der Waals surface area contributed by atoms with Crippen molar-refractivity contribution in [3.8, 4) is 5.75 Å². The van der Waals surface area contributed by atoms with Gasteiger partial charge in [0.05, 0.1) is 5.71 Å². The van der Waals surface area contributed by atoms with Crippen LogP contribution in [0.25, 0.3) is 0 Å². The first-order valence-electron chi connectivity index (χ1n) is 5.79. The van der Waals surface area contributed by atoms with Crippen LogP contribution in [-0.4, -0.2) is 20.8 Å². The second-order valence-corrected chi connectivity index (χ2v) is 4.67. The molecule has 2 rings (SSSR count). The van der Waals surface area contributed by atoms with E-state index in [1.54, 1.807) is 30.6 Å². The number of phenolic OH excluding ortho intramolecular Hbond substituents is 1. The first kappa shape index (κ1) is 13.5. The topological polar surface area (TPSA) is 70.4 Å². The number of rotatable bonds is 4. The van der Waals surface area contributed by atoms with E-state index in [2.05, 4.69) is 36.4 Å². The van der Waals surface area contributed by atoms with Crippen molar-refractivity contribution in [3.05, 3.63) is 46.7 Å². The largest absolute Gasteiger partial charge is 0.507 e. The van der Waals surface area contributed by atoms with E-state index in [1.165, 1.54) is 0 Å². The molecule has 0 unspecified atom stereocenters. The van der Waals surface area contributed by atoms with Crippen LogP contribution < -0.4 is 5.43 Å². The molecule has 1 heterocycles. The van der Waals surface area contributed by atoms with Gasteiger partial charge < -0.3 is 5.11 Å². The Morgan fingerprint density at radius 2 is 2.11 bits per heavy atom. The van der Waals surface area contributed by atoms with Gasteiger partial charge in [-0.25, -0.2) is 15.4 Å². The Morgan fingerprint density at radius 1 is 1.37 bits per heavy atom. The number of benzene rings is 1. The van der Waals surface area contributed by atoms with Crippen molar-refractivity contribution in [2.24, 2.45) is 5.10 Å². The van der Waals surface area contributed by atoms with Crippen molar-refractivity contribution in [3.63, 3.8) is 0 Å². The smallest absolute Gasteiger partial charge is 0.243 e. The Hall–Kier alpha value is -1.95. The van der Waals surface area contributed by atoms with Crippen LogP contribution >= 0.6 is 15.9 Å². The summed E-state index contributed by atoms with van der Waals surface area (Å²) >= 11 is 3.38. The molecule has 6 heteroatoms. The average molecular weight is 321 g/mol. The molecule has 2 N–H and O–H groups in total. The van der Waals surface area contributed by atoms with Crippen LogP contribution in [-0.2, 0) is 0 Å². The summed E-state index contributed by atoms with van der Waals surface area (Å²) in [4.78, 5) is 8.04. The van der Waals surface area contributed by atoms with Gasteiger partial charge in [-0.15, -0.1) is 0 Å². The van der Waals surface area contributed by atoms with Gasteiger partial charge in [0.15, 0.2) is 0 Å². The van der Waals surface area contributed by atoms with E-state index in [1.807, 2.05) is 13.0 Å². The highest BCUT2D eigenvalue weighted by atomic mass is 79.9. The minimum atomic E-state index is 0.194. The lowest BCUT2D eigenvalue weighted by molar-refractivity contribution is 0.474. The molecule has 0 fully saturated rings. The lowest BCUT2D eigenvalue weighted by Gasteiger charge is -2.07. The first-order chi connectivity index (χ1) is 9.20. The van der Waals surface area contributed by atoms with Gasteiger partial charge in [0.25, 0.3) is 0 Å². The van der Waals surface area contributed by atoms with Crippen LogP contribution in [0.4, 0.5) is 5.95 Å². The molecule has 0 radical (unpaired) electrons. The number of aromatic nitrogens is 2. The van der Waals surface area contributed by atoms with E-state index in [-0.39, 0.29) is 5.75 Å². The summed E-state index contributed by atoms with van der Waals surface area (Å²) < 4.78 is 0.886. The second kappa shape index (κ2) is 6.29. The number of nitrogens with one attached hydrogen (secondary N) is 1. The molecule has 0 spiro atoms. The second-order valence-electron chi connectivity index (χ2n) is 3.76. The number of aromatic hydroxyl groups is 1. The van der Waals surface area contributed by atoms with Crippen molar-refractivity contribution in [2.45, 2.75) is 13.3 Å². The van der Waals surface area contributed by atoms with Crippen molar-refractivity contribution < 1.29 is 5.11 Å². The van der Waals surface area contributed by atoms with Gasteiger partial charge in [-0.05, 0) is 30.7 Å². The third-order valence-corrected chi connectivity index (χ3v) is 2.95. The van der Waals surface area contributed by atoms with Gasteiger partial charge in [0, 0.05) is 22.4 Å². The van der Waals surface area contributed by atoms with E-state index in [0.29, 0.717) is 17.9 Å². The number of anilines is 1. The Labute approximate surface area is 119 Å². The van der Waals surface area contributed by atoms with E-state index >= 15 is 0 Å². The normalized spacial score (nSPS) is 11.4. The van der Waals surface area contributed by atoms with Gasteiger partial charge >= 0.3 is 0 Å². The minimum absolute atomic E-state index is 0.194. The molecule has 0 aliphatic carbocycles. The summed E-state index contributed by atoms with van der Waals surface area (Å²) in [6, 6.07) is 6.96. The Morgan fingerprint density at radius 3 is 2.79 bits per heavy atom. The van der Waals surface area contributed by atoms with Gasteiger partial charge in [-0.2, -0.15) is 5.10 Å². The number of hydrogen-bond donors (Lipinski definition) is 2. The van der Waals surface area contributed by atoms with Gasteiger partial charge in [0.2, 0.25) is 5.95 Å². The Bertz CT molecular complexity index is 586. The molecule has 0 amide bonds. The highest BCUT2D eigenvalue weighted by Gasteiger charge is 2.08. The van der Waals surface area contributed by atoms with Crippen LogP contribution in [0.15, 0.2) is 46.2 Å². The lowest BCUT2D eigenvalue weighted by Crippen LogP contribution is -2.05. The van der Waals surface area contributed by atoms with Crippen molar-refractivity contribution in [1.82, 2.24) is 9.97 Å². The standard InChI is InChI=1S/C13H13BrN4O/c1-2-11(10-8-9(14)4-5-12(10)19)17-18-13-15-6-3-7-16-13/h3-8,19H,2H2,1H3,(H,15,16,18)/b17-11+. The fourth-order valence-electron chi connectivity index (χ4n) is 1.54. The Balaban J connectivity index is 2.26. The fourth-order valence-corrected chi connectivity index (χ4v) is 1.90. The van der Waals surface area contributed by atoms with Crippen molar-refractivity contribution >= 4 is 27.6 Å². The van der Waals surface area contributed by atoms with Crippen LogP contribution in [0.1, 0.15) is 18.9 Å². The van der Waals surface area contributed by atoms with Crippen LogP contribution in [0.2, 0.25) is 0 Å². The van der Waals surface area contributed by atoms with Gasteiger partial charge in [0.1, 0.15) is 5.75 Å². The zero-order chi connectivity index (χ0) is 13.7. The summed E-state index contributed by atoms with van der Waals surface area (Å²) in [5, 5.41) is 14.1. The third kappa shape index (κ3) is 3.51. The maximum absolute atomic E-state index is 9.87. The van der Waals surface area contributed by atoms with Gasteiger partial charge in [-0.1, -0.05) is 22.9 Å². The van der Waals surface area contributed by atoms with E-state index in [0.717, 1.165) is 10.2 Å². The number of hydrazone groups is 1. The molecule has 98 valence electrons. The molecular formula is C13H13BrN4O. The maximum Gasteiger partial charge on any atom is 0.243 e. The number of phenols is 1. The molecule has 2 aromatic rings. The predicted octanol–water partition coefficient (Wildman–Crippen LogP) is 3.17. The van der Waals surface area contributed by atoms with E-state index in [9.17, 15) is 5.11 Å². The number of nitrogens with zero attached hydrogens (tertiary/aromatic N) is 3. The average Bonchev–Trinajstić information content (AvgIpc) is 2.44. The van der Waals surface area contributed by atoms with Gasteiger partial charge in [-0.3, -0.25) is 0 Å². The molecule has 0 aliphatic rings. The lowest BCUT2D eigenvalue weighted by atomic mass is 10.1. The molecule has 0 bridgehead atoms. The molecule has 0 saturated heterocycles. The predicted molar refractivity (Wildman–Crippen MR) is 78.3 cm³/mol. The molecule has 0 atom stereocenters. The van der Waals surface area contributed by atoms with Crippen LogP contribution in [0.5, 0.6) is 5.75 Å². The first-order valence-corrected chi connectivity index (χ1v) is 6.58. The molecule has 0 saturated carbocycles. The molecule has 1 aromatic carbocycles. The SMILES string of the molecule is CC/C(=N\Nc1ncccn1)c1cc(Br)ccc1O.